The molecule has 0 radical (unpaired) electrons. The molecule has 1 heterocycles. The van der Waals surface area contributed by atoms with Gasteiger partial charge in [0.25, 0.3) is 0 Å². The predicted molar refractivity (Wildman–Crippen MR) is 92.3 cm³/mol. The summed E-state index contributed by atoms with van der Waals surface area (Å²) in [5, 5.41) is 1.93. The second-order valence-corrected chi connectivity index (χ2v) is 6.85. The normalized spacial score (nSPS) is 22.9. The van der Waals surface area contributed by atoms with Crippen LogP contribution in [0.4, 0.5) is 35.1 Å². The van der Waals surface area contributed by atoms with Crippen LogP contribution in [0.5, 0.6) is 0 Å². The van der Waals surface area contributed by atoms with Gasteiger partial charge in [-0.15, -0.1) is 6.58 Å². The van der Waals surface area contributed by atoms with Crippen LogP contribution < -0.4 is 5.32 Å². The maximum Gasteiger partial charge on any atom is 0.461 e. The van der Waals surface area contributed by atoms with E-state index < -0.39 is 48.1 Å². The number of amidine groups is 1. The number of nitrogens with zero attached hydrogens (tertiary/aromatic N) is 1. The Hall–Kier alpha value is -2.07. The van der Waals surface area contributed by atoms with Crippen LogP contribution in [-0.2, 0) is 4.74 Å². The third-order valence-corrected chi connectivity index (χ3v) is 4.41. The fourth-order valence-electron chi connectivity index (χ4n) is 2.72. The molecule has 0 aromatic heterocycles. The summed E-state index contributed by atoms with van der Waals surface area (Å²) < 4.78 is 109. The van der Waals surface area contributed by atoms with E-state index in [2.05, 4.69) is 18.2 Å². The van der Waals surface area contributed by atoms with E-state index in [1.165, 1.54) is 20.8 Å². The molecule has 0 saturated carbocycles. The minimum Gasteiger partial charge on any atom is -0.491 e. The van der Waals surface area contributed by atoms with Gasteiger partial charge in [-0.3, -0.25) is 4.99 Å². The molecule has 0 fully saturated rings. The van der Waals surface area contributed by atoms with Gasteiger partial charge >= 0.3 is 18.3 Å². The molecule has 0 aromatic rings. The van der Waals surface area contributed by atoms with Gasteiger partial charge < -0.3 is 10.1 Å². The molecule has 1 aliphatic heterocycles. The van der Waals surface area contributed by atoms with Gasteiger partial charge in [-0.25, -0.2) is 0 Å². The zero-order valence-electron chi connectivity index (χ0n) is 16.0. The van der Waals surface area contributed by atoms with Crippen LogP contribution in [0.2, 0.25) is 0 Å². The zero-order chi connectivity index (χ0) is 22.8. The molecular formula is C18H22F8N2O. The summed E-state index contributed by atoms with van der Waals surface area (Å²) in [5.41, 5.74) is -0.0765. The Balaban J connectivity index is 2.92. The second kappa shape index (κ2) is 8.74. The number of hydrogen-bond acceptors (Lipinski definition) is 3. The quantitative estimate of drug-likeness (QED) is 0.314. The first kappa shape index (κ1) is 25.0. The summed E-state index contributed by atoms with van der Waals surface area (Å²) in [6.07, 6.45) is -9.56. The van der Waals surface area contributed by atoms with Gasteiger partial charge in [-0.1, -0.05) is 19.6 Å². The molecular weight excluding hydrogens is 412 g/mol. The van der Waals surface area contributed by atoms with Crippen molar-refractivity contribution < 1.29 is 39.9 Å². The van der Waals surface area contributed by atoms with Crippen molar-refractivity contribution in [3.63, 3.8) is 0 Å². The smallest absolute Gasteiger partial charge is 0.461 e. The number of allylic oxidation sites excluding steroid dienone is 2. The van der Waals surface area contributed by atoms with E-state index in [0.717, 1.165) is 12.2 Å². The Bertz CT molecular complexity index is 678. The van der Waals surface area contributed by atoms with Gasteiger partial charge in [0.15, 0.2) is 5.84 Å². The molecule has 0 bridgehead atoms. The molecule has 1 rings (SSSR count). The van der Waals surface area contributed by atoms with Crippen LogP contribution in [0.1, 0.15) is 27.2 Å². The van der Waals surface area contributed by atoms with Gasteiger partial charge in [0.2, 0.25) is 0 Å². The summed E-state index contributed by atoms with van der Waals surface area (Å²) >= 11 is 0. The number of nitrogens with one attached hydrogen (secondary N) is 1. The molecule has 11 heteroatoms. The molecule has 3 nitrogen and oxygen atoms in total. The minimum atomic E-state index is -5.84. The average molecular weight is 434 g/mol. The van der Waals surface area contributed by atoms with E-state index >= 15 is 0 Å². The van der Waals surface area contributed by atoms with Crippen LogP contribution >= 0.6 is 0 Å². The molecule has 0 spiro atoms. The maximum absolute atomic E-state index is 13.5. The van der Waals surface area contributed by atoms with Gasteiger partial charge in [-0.05, 0) is 19.9 Å². The zero-order valence-corrected chi connectivity index (χ0v) is 16.0. The van der Waals surface area contributed by atoms with E-state index in [1.54, 1.807) is 0 Å². The molecule has 4 atom stereocenters. The van der Waals surface area contributed by atoms with Crippen molar-refractivity contribution >= 4 is 5.84 Å². The molecule has 29 heavy (non-hydrogen) atoms. The number of alkyl halides is 8. The summed E-state index contributed by atoms with van der Waals surface area (Å²) in [4.78, 5) is 3.32. The number of ether oxygens (including phenoxy) is 1. The summed E-state index contributed by atoms with van der Waals surface area (Å²) in [7, 11) is 0. The van der Waals surface area contributed by atoms with Gasteiger partial charge in [-0.2, -0.15) is 35.1 Å². The summed E-state index contributed by atoms with van der Waals surface area (Å²) in [5.74, 6) is -9.84. The molecule has 166 valence electrons. The monoisotopic (exact) mass is 434 g/mol. The van der Waals surface area contributed by atoms with Crippen molar-refractivity contribution in [3.05, 3.63) is 36.8 Å². The summed E-state index contributed by atoms with van der Waals surface area (Å²) in [6.45, 7) is 10.6. The molecule has 1 aliphatic rings. The van der Waals surface area contributed by atoms with E-state index in [-0.39, 0.29) is 17.9 Å². The second-order valence-electron chi connectivity index (χ2n) is 6.85. The van der Waals surface area contributed by atoms with Crippen LogP contribution in [0.25, 0.3) is 0 Å². The Morgan fingerprint density at radius 2 is 1.72 bits per heavy atom. The lowest BCUT2D eigenvalue weighted by Gasteiger charge is -2.30. The third-order valence-electron chi connectivity index (χ3n) is 4.41. The van der Waals surface area contributed by atoms with Crippen molar-refractivity contribution in [3.8, 4) is 0 Å². The van der Waals surface area contributed by atoms with Crippen LogP contribution in [0, 0.1) is 11.8 Å². The summed E-state index contributed by atoms with van der Waals surface area (Å²) in [6, 6.07) is -0.884. The van der Waals surface area contributed by atoms with E-state index in [9.17, 15) is 35.1 Å². The SMILES string of the molecule is C=CC([C@H](C)[C@H](C)OC(=C)/C=C1\CC(C)N=C(C(F)(F)C(F)(F)F)N1)C(F)(F)F. The number of aliphatic imine (C=N–C) groups is 1. The Labute approximate surface area is 163 Å². The maximum atomic E-state index is 13.5. The average Bonchev–Trinajstić information content (AvgIpc) is 2.52. The predicted octanol–water partition coefficient (Wildman–Crippen LogP) is 5.77. The molecule has 0 aliphatic carbocycles. The third kappa shape index (κ3) is 6.20. The number of hydrogen-bond donors (Lipinski definition) is 1. The number of rotatable bonds is 7. The first-order chi connectivity index (χ1) is 13.0. The Morgan fingerprint density at radius 1 is 1.17 bits per heavy atom. The fraction of sp³-hybridized carbons (Fsp3) is 0.611. The fourth-order valence-corrected chi connectivity index (χ4v) is 2.72. The highest BCUT2D eigenvalue weighted by Crippen LogP contribution is 2.38. The lowest BCUT2D eigenvalue weighted by atomic mass is 9.89. The highest BCUT2D eigenvalue weighted by atomic mass is 19.4. The van der Waals surface area contributed by atoms with Crippen molar-refractivity contribution in [1.29, 1.82) is 0 Å². The molecule has 1 N–H and O–H groups in total. The highest BCUT2D eigenvalue weighted by molar-refractivity contribution is 5.92. The van der Waals surface area contributed by atoms with E-state index in [4.69, 9.17) is 4.74 Å². The largest absolute Gasteiger partial charge is 0.491 e. The standard InChI is InChI=1S/C18H22F8N2O/c1-6-14(17(21,22)23)11(4)12(5)29-10(3)8-13-7-9(2)27-15(28-13)16(19,20)18(24,25)26/h6,8-9,11-12,14H,1,3,7H2,2,4-5H3,(H,27,28)/b13-8+/t9?,11-,12+,14?/m1/s1. The topological polar surface area (TPSA) is 33.6 Å². The van der Waals surface area contributed by atoms with Crippen molar-refractivity contribution in [2.75, 3.05) is 0 Å². The minimum absolute atomic E-state index is 0.0123. The van der Waals surface area contributed by atoms with Crippen molar-refractivity contribution in [2.24, 2.45) is 16.8 Å². The number of halogens is 8. The van der Waals surface area contributed by atoms with Gasteiger partial charge in [0.1, 0.15) is 5.76 Å². The Kier molecular flexibility index (Phi) is 7.53. The van der Waals surface area contributed by atoms with Crippen LogP contribution in [-0.4, -0.2) is 36.3 Å². The van der Waals surface area contributed by atoms with Crippen LogP contribution in [0.3, 0.4) is 0 Å². The van der Waals surface area contributed by atoms with Crippen LogP contribution in [0.15, 0.2) is 41.8 Å². The van der Waals surface area contributed by atoms with E-state index in [0.29, 0.717) is 0 Å². The molecule has 0 amide bonds. The Morgan fingerprint density at radius 3 is 2.17 bits per heavy atom. The molecule has 0 saturated heterocycles. The lowest BCUT2D eigenvalue weighted by Crippen LogP contribution is -2.52. The molecule has 0 aromatic carbocycles. The molecule has 2 unspecified atom stereocenters. The van der Waals surface area contributed by atoms with Crippen molar-refractivity contribution in [1.82, 2.24) is 5.32 Å². The highest BCUT2D eigenvalue weighted by Gasteiger charge is 2.62. The van der Waals surface area contributed by atoms with Gasteiger partial charge in [0.05, 0.1) is 18.1 Å². The van der Waals surface area contributed by atoms with E-state index in [1.807, 2.05) is 5.32 Å². The first-order valence-electron chi connectivity index (χ1n) is 8.56. The van der Waals surface area contributed by atoms with Gasteiger partial charge in [0, 0.05) is 18.0 Å². The lowest BCUT2D eigenvalue weighted by molar-refractivity contribution is -0.250. The first-order valence-corrected chi connectivity index (χ1v) is 8.56. The van der Waals surface area contributed by atoms with Crippen molar-refractivity contribution in [2.45, 2.75) is 57.6 Å².